The van der Waals surface area contributed by atoms with Crippen molar-refractivity contribution >= 4 is 39.1 Å². The van der Waals surface area contributed by atoms with Crippen molar-refractivity contribution in [3.63, 3.8) is 0 Å². The lowest BCUT2D eigenvalue weighted by atomic mass is 10.1. The maximum Gasteiger partial charge on any atom is 0.358 e. The Morgan fingerprint density at radius 3 is 2.77 bits per heavy atom. The SMILES string of the molecule is COC(=O)c1nc(-c2cc3ncsc3cc2F)c(F)cc1Cl. The van der Waals surface area contributed by atoms with Crippen LogP contribution in [-0.2, 0) is 4.74 Å². The first-order valence-electron chi connectivity index (χ1n) is 5.98. The second-order valence-electron chi connectivity index (χ2n) is 4.29. The molecule has 3 rings (SSSR count). The molecule has 0 radical (unpaired) electrons. The second kappa shape index (κ2) is 5.58. The van der Waals surface area contributed by atoms with Crippen LogP contribution in [0, 0.1) is 11.6 Å². The summed E-state index contributed by atoms with van der Waals surface area (Å²) in [7, 11) is 1.14. The molecule has 4 nitrogen and oxygen atoms in total. The van der Waals surface area contributed by atoms with Crippen LogP contribution in [0.3, 0.4) is 0 Å². The first-order valence-corrected chi connectivity index (χ1v) is 7.24. The van der Waals surface area contributed by atoms with Crippen molar-refractivity contribution in [3.05, 3.63) is 46.1 Å². The van der Waals surface area contributed by atoms with Gasteiger partial charge in [-0.3, -0.25) is 0 Å². The predicted molar refractivity (Wildman–Crippen MR) is 79.1 cm³/mol. The Balaban J connectivity index is 2.25. The molecule has 0 saturated heterocycles. The van der Waals surface area contributed by atoms with Crippen LogP contribution < -0.4 is 0 Å². The molecule has 3 aromatic rings. The fourth-order valence-corrected chi connectivity index (χ4v) is 2.85. The number of pyridine rings is 1. The van der Waals surface area contributed by atoms with Gasteiger partial charge in [-0.05, 0) is 18.2 Å². The highest BCUT2D eigenvalue weighted by Gasteiger charge is 2.21. The molecule has 0 aliphatic carbocycles. The summed E-state index contributed by atoms with van der Waals surface area (Å²) < 4.78 is 33.5. The van der Waals surface area contributed by atoms with Gasteiger partial charge in [0.05, 0.1) is 27.9 Å². The Hall–Kier alpha value is -2.12. The van der Waals surface area contributed by atoms with Crippen molar-refractivity contribution < 1.29 is 18.3 Å². The third kappa shape index (κ3) is 2.42. The van der Waals surface area contributed by atoms with Crippen LogP contribution in [0.1, 0.15) is 10.5 Å². The molecule has 0 amide bonds. The third-order valence-corrected chi connectivity index (χ3v) is 4.06. The van der Waals surface area contributed by atoms with Gasteiger partial charge >= 0.3 is 5.97 Å². The summed E-state index contributed by atoms with van der Waals surface area (Å²) in [6, 6.07) is 3.53. The van der Waals surface area contributed by atoms with E-state index in [2.05, 4.69) is 14.7 Å². The monoisotopic (exact) mass is 340 g/mol. The van der Waals surface area contributed by atoms with E-state index in [-0.39, 0.29) is 22.0 Å². The number of methoxy groups -OCH3 is 1. The summed E-state index contributed by atoms with van der Waals surface area (Å²) in [6.45, 7) is 0. The molecule has 0 fully saturated rings. The lowest BCUT2D eigenvalue weighted by Gasteiger charge is -2.08. The number of esters is 1. The number of nitrogens with zero attached hydrogens (tertiary/aromatic N) is 2. The molecule has 0 atom stereocenters. The topological polar surface area (TPSA) is 52.1 Å². The maximum atomic E-state index is 14.2. The number of hydrogen-bond donors (Lipinski definition) is 0. The van der Waals surface area contributed by atoms with Gasteiger partial charge in [0.1, 0.15) is 11.5 Å². The van der Waals surface area contributed by atoms with Crippen LogP contribution in [0.5, 0.6) is 0 Å². The van der Waals surface area contributed by atoms with Crippen molar-refractivity contribution in [3.8, 4) is 11.3 Å². The molecule has 8 heteroatoms. The molecule has 2 heterocycles. The zero-order chi connectivity index (χ0) is 15.9. The fraction of sp³-hybridized carbons (Fsp3) is 0.0714. The first-order chi connectivity index (χ1) is 10.5. The Bertz CT molecular complexity index is 898. The van der Waals surface area contributed by atoms with E-state index >= 15 is 0 Å². The second-order valence-corrected chi connectivity index (χ2v) is 5.59. The van der Waals surface area contributed by atoms with Crippen molar-refractivity contribution in [2.24, 2.45) is 0 Å². The number of rotatable bonds is 2. The number of thiazole rings is 1. The van der Waals surface area contributed by atoms with Gasteiger partial charge in [0.2, 0.25) is 0 Å². The molecule has 0 bridgehead atoms. The number of fused-ring (bicyclic) bond motifs is 1. The first kappa shape index (κ1) is 14.8. The third-order valence-electron chi connectivity index (χ3n) is 2.98. The molecule has 22 heavy (non-hydrogen) atoms. The van der Waals surface area contributed by atoms with Crippen LogP contribution >= 0.6 is 22.9 Å². The minimum absolute atomic E-state index is 0.0993. The molecule has 2 aromatic heterocycles. The molecule has 0 N–H and O–H groups in total. The van der Waals surface area contributed by atoms with Crippen molar-refractivity contribution in [1.82, 2.24) is 9.97 Å². The average Bonchev–Trinajstić information content (AvgIpc) is 2.93. The summed E-state index contributed by atoms with van der Waals surface area (Å²) in [6.07, 6.45) is 0. The highest BCUT2D eigenvalue weighted by molar-refractivity contribution is 7.16. The summed E-state index contributed by atoms with van der Waals surface area (Å²) in [5.74, 6) is -2.34. The van der Waals surface area contributed by atoms with Crippen LogP contribution in [-0.4, -0.2) is 23.0 Å². The van der Waals surface area contributed by atoms with Crippen molar-refractivity contribution in [2.75, 3.05) is 7.11 Å². The summed E-state index contributed by atoms with van der Waals surface area (Å²) in [4.78, 5) is 19.5. The molecular weight excluding hydrogens is 334 g/mol. The maximum absolute atomic E-state index is 14.2. The quantitative estimate of drug-likeness (QED) is 0.660. The highest BCUT2D eigenvalue weighted by Crippen LogP contribution is 2.31. The minimum atomic E-state index is -0.842. The van der Waals surface area contributed by atoms with Gasteiger partial charge in [-0.2, -0.15) is 0 Å². The molecule has 0 spiro atoms. The van der Waals surface area contributed by atoms with E-state index in [1.54, 1.807) is 5.51 Å². The lowest BCUT2D eigenvalue weighted by molar-refractivity contribution is 0.0594. The van der Waals surface area contributed by atoms with Gasteiger partial charge in [0, 0.05) is 5.56 Å². The van der Waals surface area contributed by atoms with Gasteiger partial charge in [-0.1, -0.05) is 11.6 Å². The summed E-state index contributed by atoms with van der Waals surface area (Å²) in [5.41, 5.74) is 1.37. The van der Waals surface area contributed by atoms with E-state index in [9.17, 15) is 13.6 Å². The summed E-state index contributed by atoms with van der Waals surface area (Å²) in [5, 5.41) is -0.205. The van der Waals surface area contributed by atoms with E-state index in [0.29, 0.717) is 10.2 Å². The Morgan fingerprint density at radius 1 is 1.27 bits per heavy atom. The van der Waals surface area contributed by atoms with Crippen molar-refractivity contribution in [1.29, 1.82) is 0 Å². The Labute approximate surface area is 132 Å². The molecular formula is C14H7ClF2N2O2S. The molecule has 0 unspecified atom stereocenters. The summed E-state index contributed by atoms with van der Waals surface area (Å²) >= 11 is 7.04. The van der Waals surface area contributed by atoms with E-state index in [1.165, 1.54) is 23.5 Å². The number of carbonyl (C=O) groups excluding carboxylic acids is 1. The van der Waals surface area contributed by atoms with Gasteiger partial charge in [0.15, 0.2) is 11.5 Å². The normalized spacial score (nSPS) is 10.9. The minimum Gasteiger partial charge on any atom is -0.464 e. The molecule has 0 saturated carbocycles. The Kier molecular flexibility index (Phi) is 3.76. The number of ether oxygens (including phenoxy) is 1. The van der Waals surface area contributed by atoms with Gasteiger partial charge in [-0.15, -0.1) is 11.3 Å². The highest BCUT2D eigenvalue weighted by atomic mass is 35.5. The molecule has 0 aliphatic heterocycles. The van der Waals surface area contributed by atoms with Crippen LogP contribution in [0.4, 0.5) is 8.78 Å². The van der Waals surface area contributed by atoms with Gasteiger partial charge in [-0.25, -0.2) is 23.5 Å². The fourth-order valence-electron chi connectivity index (χ4n) is 1.96. The standard InChI is InChI=1S/C14H7ClF2N2O2S/c1-21-14(20)13-7(15)3-9(17)12(19-13)6-2-10-11(4-8(6)16)22-5-18-10/h2-5H,1H3. The lowest BCUT2D eigenvalue weighted by Crippen LogP contribution is -2.07. The van der Waals surface area contributed by atoms with E-state index in [0.717, 1.165) is 13.2 Å². The zero-order valence-electron chi connectivity index (χ0n) is 11.1. The van der Waals surface area contributed by atoms with Crippen LogP contribution in [0.25, 0.3) is 21.5 Å². The molecule has 1 aromatic carbocycles. The molecule has 112 valence electrons. The van der Waals surface area contributed by atoms with E-state index < -0.39 is 17.6 Å². The number of benzene rings is 1. The number of hydrogen-bond acceptors (Lipinski definition) is 5. The largest absolute Gasteiger partial charge is 0.464 e. The van der Waals surface area contributed by atoms with Crippen LogP contribution in [0.15, 0.2) is 23.7 Å². The average molecular weight is 341 g/mol. The predicted octanol–water partition coefficient (Wildman–Crippen LogP) is 4.08. The number of aromatic nitrogens is 2. The van der Waals surface area contributed by atoms with Crippen molar-refractivity contribution in [2.45, 2.75) is 0 Å². The van der Waals surface area contributed by atoms with Gasteiger partial charge < -0.3 is 4.74 Å². The van der Waals surface area contributed by atoms with E-state index in [4.69, 9.17) is 11.6 Å². The Morgan fingerprint density at radius 2 is 2.05 bits per heavy atom. The smallest absolute Gasteiger partial charge is 0.358 e. The zero-order valence-corrected chi connectivity index (χ0v) is 12.6. The van der Waals surface area contributed by atoms with Gasteiger partial charge in [0.25, 0.3) is 0 Å². The number of carbonyl (C=O) groups is 1. The number of halogens is 3. The van der Waals surface area contributed by atoms with Crippen LogP contribution in [0.2, 0.25) is 5.02 Å². The van der Waals surface area contributed by atoms with E-state index in [1.807, 2.05) is 0 Å². The molecule has 0 aliphatic rings.